The highest BCUT2D eigenvalue weighted by atomic mass is 35.5. The molecule has 2 fully saturated rings. The van der Waals surface area contributed by atoms with Gasteiger partial charge >= 0.3 is 5.97 Å². The maximum Gasteiger partial charge on any atom is 0.328 e. The van der Waals surface area contributed by atoms with Gasteiger partial charge in [0.05, 0.1) is 49.0 Å². The van der Waals surface area contributed by atoms with Crippen LogP contribution in [0.2, 0.25) is 0 Å². The van der Waals surface area contributed by atoms with Crippen LogP contribution in [0.25, 0.3) is 0 Å². The number of hydrogen-bond acceptors (Lipinski definition) is 18. The van der Waals surface area contributed by atoms with E-state index in [1.54, 1.807) is 25.6 Å². The van der Waals surface area contributed by atoms with Gasteiger partial charge in [-0.05, 0) is 75.3 Å². The van der Waals surface area contributed by atoms with E-state index in [0.29, 0.717) is 44.5 Å². The van der Waals surface area contributed by atoms with Gasteiger partial charge in [-0.15, -0.1) is 23.2 Å². The molecule has 0 saturated carbocycles. The summed E-state index contributed by atoms with van der Waals surface area (Å²) in [5.74, 6) is -2.44. The van der Waals surface area contributed by atoms with Crippen LogP contribution in [0.5, 0.6) is 17.2 Å². The molecule has 2 aliphatic carbocycles. The van der Waals surface area contributed by atoms with E-state index in [9.17, 15) is 44.4 Å². The molecule has 3 aromatic carbocycles. The number of aliphatic hydroxyl groups is 2. The van der Waals surface area contributed by atoms with Gasteiger partial charge in [0.2, 0.25) is 11.7 Å². The third kappa shape index (κ3) is 13.0. The van der Waals surface area contributed by atoms with Crippen LogP contribution in [-0.4, -0.2) is 156 Å². The highest BCUT2D eigenvalue weighted by molar-refractivity contribution is 7.98. The quantitative estimate of drug-likeness (QED) is 0.0392. The number of nitrogens with two attached hydrogens (primary N) is 1. The van der Waals surface area contributed by atoms with E-state index in [2.05, 4.69) is 10.2 Å². The Labute approximate surface area is 433 Å². The topological polar surface area (TPSA) is 263 Å². The van der Waals surface area contributed by atoms with Crippen LogP contribution < -0.4 is 20.7 Å². The van der Waals surface area contributed by atoms with Crippen LogP contribution in [-0.2, 0) is 50.9 Å². The second-order valence-corrected chi connectivity index (χ2v) is 19.7. The third-order valence-electron chi connectivity index (χ3n) is 13.1. The summed E-state index contributed by atoms with van der Waals surface area (Å²) < 4.78 is 34.5. The maximum absolute atomic E-state index is 13.8. The van der Waals surface area contributed by atoms with Crippen LogP contribution in [0.1, 0.15) is 107 Å². The molecule has 21 heteroatoms. The number of phenolic OH excluding ortho intramolecular Hbond substituents is 2. The summed E-state index contributed by atoms with van der Waals surface area (Å²) >= 11 is 13.3. The number of nitrogens with zero attached hydrogens (tertiary/aromatic N) is 1. The molecule has 2 heterocycles. The normalized spacial score (nSPS) is 23.8. The van der Waals surface area contributed by atoms with Crippen LogP contribution >= 0.6 is 35.0 Å². The number of benzene rings is 3. The molecule has 394 valence electrons. The monoisotopic (exact) mass is 1060 g/mol. The zero-order chi connectivity index (χ0) is 52.3. The fraction of sp³-hybridized carbons (Fsp3) is 0.549. The molecule has 18 nitrogen and oxygen atoms in total. The Morgan fingerprint density at radius 1 is 0.986 bits per heavy atom. The Morgan fingerprint density at radius 3 is 2.31 bits per heavy atom. The molecule has 0 radical (unpaired) electrons. The molecule has 2 aliphatic heterocycles. The predicted molar refractivity (Wildman–Crippen MR) is 270 cm³/mol. The highest BCUT2D eigenvalue weighted by Crippen LogP contribution is 2.52. The van der Waals surface area contributed by atoms with Gasteiger partial charge in [0.1, 0.15) is 41.6 Å². The zero-order valence-corrected chi connectivity index (χ0v) is 43.2. The predicted octanol–water partition coefficient (Wildman–Crippen LogP) is 4.87. The van der Waals surface area contributed by atoms with Crippen molar-refractivity contribution in [2.45, 2.75) is 114 Å². The lowest BCUT2D eigenvalue weighted by Gasteiger charge is -2.43. The van der Waals surface area contributed by atoms with E-state index in [0.717, 1.165) is 36.3 Å². The summed E-state index contributed by atoms with van der Waals surface area (Å²) in [6.45, 7) is 4.83. The number of hydrogen-bond donors (Lipinski definition) is 6. The summed E-state index contributed by atoms with van der Waals surface area (Å²) in [4.78, 5) is 66.7. The first-order valence-corrected chi connectivity index (χ1v) is 26.5. The first-order valence-electron chi connectivity index (χ1n) is 24.0. The van der Waals surface area contributed by atoms with E-state index < -0.39 is 108 Å². The lowest BCUT2D eigenvalue weighted by Crippen LogP contribution is -2.55. The smallest absolute Gasteiger partial charge is 0.328 e. The maximum atomic E-state index is 13.8. The summed E-state index contributed by atoms with van der Waals surface area (Å²) in [6.07, 6.45) is 0.690. The first-order chi connectivity index (χ1) is 34.5. The number of ether oxygens (including phenoxy) is 6. The highest BCUT2D eigenvalue weighted by Gasteiger charge is 2.50. The van der Waals surface area contributed by atoms with Crippen molar-refractivity contribution in [3.63, 3.8) is 0 Å². The van der Waals surface area contributed by atoms with E-state index in [1.165, 1.54) is 25.3 Å². The fourth-order valence-electron chi connectivity index (χ4n) is 9.50. The number of anilines is 1. The van der Waals surface area contributed by atoms with Gasteiger partial charge in [0.15, 0.2) is 24.1 Å². The molecule has 2 saturated heterocycles. The Morgan fingerprint density at radius 2 is 1.69 bits per heavy atom. The van der Waals surface area contributed by atoms with Crippen molar-refractivity contribution in [1.29, 1.82) is 0 Å². The third-order valence-corrected chi connectivity index (χ3v) is 14.1. The summed E-state index contributed by atoms with van der Waals surface area (Å²) in [5.41, 5.74) is 4.87. The van der Waals surface area contributed by atoms with E-state index in [1.807, 2.05) is 30.5 Å². The number of thioether (sulfide) groups is 1. The standard InChI is InChI=1S/C32H37NO12.C19H28Cl2N2O3S/c1-14-31(45-21-8-3-4-9-42-21)17(33)10-22(43-14)44-19-12-32(40,20(35)13-34)11-16-24(19)30(39)26-25(28(16)37)27(36)15-6-5-7-18(41-2)23(15)29(26)38;1-3-26-19(25)17(8-13-27-2)22-18(24)14-15-4-6-16(7-5-15)23(11-9-20)12-10-21/h5-7,14,17,19,21-22,31,34,37,39-40H,3-4,8-13,33H2,1-2H3;4-7,17H,3,8-14H2,1-2H3,(H,22,24)/t14-,17-,19-,21+,22-,31+,32-;17-/m00/s1. The zero-order valence-electron chi connectivity index (χ0n) is 40.9. The van der Waals surface area contributed by atoms with Gasteiger partial charge in [-0.2, -0.15) is 11.8 Å². The number of halogens is 2. The number of Topliss-reactive ketones (excluding diaryl/α,β-unsaturated/α-hetero) is 1. The Hall–Kier alpha value is -4.54. The molecule has 7 rings (SSSR count). The Kier molecular flexibility index (Phi) is 20.6. The number of fused-ring (bicyclic) bond motifs is 3. The van der Waals surface area contributed by atoms with E-state index in [-0.39, 0.29) is 52.7 Å². The molecule has 4 aliphatic rings. The number of rotatable bonds is 20. The number of nitrogens with one attached hydrogen (secondary N) is 1. The van der Waals surface area contributed by atoms with Crippen LogP contribution in [0.3, 0.4) is 0 Å². The molecule has 0 bridgehead atoms. The van der Waals surface area contributed by atoms with Gasteiger partial charge < -0.3 is 64.8 Å². The van der Waals surface area contributed by atoms with Gasteiger partial charge in [0, 0.05) is 79.1 Å². The number of carbonyl (C=O) groups excluding carboxylic acids is 5. The number of aliphatic hydroxyl groups excluding tert-OH is 1. The molecular weight excluding hydrogens is 998 g/mol. The average molecular weight is 1060 g/mol. The molecule has 1 amide bonds. The number of carbonyl (C=O) groups is 5. The largest absolute Gasteiger partial charge is 0.507 e. The van der Waals surface area contributed by atoms with Crippen molar-refractivity contribution < 1.29 is 72.8 Å². The molecule has 7 N–H and O–H groups in total. The van der Waals surface area contributed by atoms with Gasteiger partial charge in [-0.25, -0.2) is 4.79 Å². The van der Waals surface area contributed by atoms with E-state index in [4.69, 9.17) is 57.4 Å². The molecule has 0 unspecified atom stereocenters. The molecule has 72 heavy (non-hydrogen) atoms. The molecule has 8 atom stereocenters. The molecular formula is C51H65Cl2N3O15S. The Balaban J connectivity index is 0.000000270. The van der Waals surface area contributed by atoms with Crippen molar-refractivity contribution in [2.24, 2.45) is 5.73 Å². The number of esters is 1. The number of ketones is 3. The fourth-order valence-corrected chi connectivity index (χ4v) is 10.4. The van der Waals surface area contributed by atoms with Crippen LogP contribution in [0.15, 0.2) is 42.5 Å². The van der Waals surface area contributed by atoms with Crippen molar-refractivity contribution in [3.05, 3.63) is 81.4 Å². The van der Waals surface area contributed by atoms with Gasteiger partial charge in [0.25, 0.3) is 0 Å². The Bertz CT molecular complexity index is 2390. The minimum Gasteiger partial charge on any atom is -0.507 e. The number of aromatic hydroxyl groups is 2. The van der Waals surface area contributed by atoms with Gasteiger partial charge in [-0.3, -0.25) is 19.2 Å². The lowest BCUT2D eigenvalue weighted by molar-refractivity contribution is -0.281. The molecule has 0 spiro atoms. The second-order valence-electron chi connectivity index (χ2n) is 17.9. The minimum atomic E-state index is -2.24. The SMILES string of the molecule is CCOC(=O)[C@H](CCSC)NC(=O)Cc1ccc(N(CCCl)CCCl)cc1.COc1cccc2c1C(=O)c1c(O)c3c(c(O)c1C2=O)C[C@@](O)(C(=O)CO)C[C@@H]3O[C@H]1C[C@H](N)[C@H](O[C@@H]2CCCCO2)[C@H](C)O1. The van der Waals surface area contributed by atoms with Crippen molar-refractivity contribution in [2.75, 3.05) is 68.7 Å². The van der Waals surface area contributed by atoms with Crippen LogP contribution in [0.4, 0.5) is 5.69 Å². The number of alkyl halides is 2. The molecule has 3 aromatic rings. The van der Waals surface area contributed by atoms with Crippen LogP contribution in [0, 0.1) is 0 Å². The van der Waals surface area contributed by atoms with Crippen molar-refractivity contribution in [3.8, 4) is 17.2 Å². The summed E-state index contributed by atoms with van der Waals surface area (Å²) in [5, 5.41) is 47.0. The average Bonchev–Trinajstić information content (AvgIpc) is 3.36. The van der Waals surface area contributed by atoms with E-state index >= 15 is 0 Å². The number of amides is 1. The second kappa shape index (κ2) is 26.1. The minimum absolute atomic E-state index is 0.0409. The summed E-state index contributed by atoms with van der Waals surface area (Å²) in [7, 11) is 1.34. The lowest BCUT2D eigenvalue weighted by atomic mass is 9.72. The number of methoxy groups -OCH3 is 1. The first kappa shape index (κ1) is 56.8. The number of phenols is 2. The summed E-state index contributed by atoms with van der Waals surface area (Å²) in [6, 6.07) is 11.0. The van der Waals surface area contributed by atoms with Gasteiger partial charge in [-0.1, -0.05) is 24.3 Å². The molecule has 0 aromatic heterocycles. The van der Waals surface area contributed by atoms with Crippen molar-refractivity contribution in [1.82, 2.24) is 5.32 Å². The van der Waals surface area contributed by atoms with Crippen molar-refractivity contribution >= 4 is 69.9 Å².